The van der Waals surface area contributed by atoms with E-state index in [0.717, 1.165) is 15.8 Å². The number of rotatable bonds is 5. The van der Waals surface area contributed by atoms with Crippen LogP contribution in [0.15, 0.2) is 51.6 Å². The number of hydrogen-bond acceptors (Lipinski definition) is 3. The molecule has 2 N–H and O–H groups in total. The summed E-state index contributed by atoms with van der Waals surface area (Å²) in [5, 5.41) is 0. The minimum absolute atomic E-state index is 0.104. The van der Waals surface area contributed by atoms with Crippen molar-refractivity contribution >= 4 is 15.9 Å². The topological polar surface area (TPSA) is 48.4 Å². The molecule has 1 aromatic carbocycles. The standard InChI is InChI=1S/C13H14BrNO2/c14-11-5-3-10(4-6-11)13(8-15)17-9-12-2-1-7-16-12/h1-7,13H,8-9,15H2. The lowest BCUT2D eigenvalue weighted by molar-refractivity contribution is 0.0355. The van der Waals surface area contributed by atoms with Crippen LogP contribution in [0.1, 0.15) is 17.4 Å². The fraction of sp³-hybridized carbons (Fsp3) is 0.231. The maximum absolute atomic E-state index is 5.73. The lowest BCUT2D eigenvalue weighted by atomic mass is 10.1. The van der Waals surface area contributed by atoms with E-state index < -0.39 is 0 Å². The van der Waals surface area contributed by atoms with E-state index >= 15 is 0 Å². The molecule has 0 radical (unpaired) electrons. The molecule has 0 fully saturated rings. The van der Waals surface area contributed by atoms with Crippen molar-refractivity contribution in [3.05, 3.63) is 58.5 Å². The maximum atomic E-state index is 5.73. The zero-order valence-electron chi connectivity index (χ0n) is 9.30. The Morgan fingerprint density at radius 1 is 1.24 bits per heavy atom. The van der Waals surface area contributed by atoms with Gasteiger partial charge >= 0.3 is 0 Å². The van der Waals surface area contributed by atoms with E-state index in [-0.39, 0.29) is 6.10 Å². The van der Waals surface area contributed by atoms with E-state index in [9.17, 15) is 0 Å². The summed E-state index contributed by atoms with van der Waals surface area (Å²) in [6.07, 6.45) is 1.53. The number of halogens is 1. The molecule has 0 spiro atoms. The van der Waals surface area contributed by atoms with Crippen LogP contribution in [-0.4, -0.2) is 6.54 Å². The molecule has 17 heavy (non-hydrogen) atoms. The third-order valence-electron chi connectivity index (χ3n) is 2.46. The average Bonchev–Trinajstić information content (AvgIpc) is 2.85. The Hall–Kier alpha value is -1.10. The molecular weight excluding hydrogens is 282 g/mol. The molecule has 0 amide bonds. The number of furan rings is 1. The van der Waals surface area contributed by atoms with Crippen molar-refractivity contribution in [2.45, 2.75) is 12.7 Å². The molecule has 0 aliphatic carbocycles. The van der Waals surface area contributed by atoms with Crippen LogP contribution in [0.25, 0.3) is 0 Å². The van der Waals surface area contributed by atoms with Gasteiger partial charge in [0.2, 0.25) is 0 Å². The zero-order chi connectivity index (χ0) is 12.1. The van der Waals surface area contributed by atoms with Crippen molar-refractivity contribution in [3.8, 4) is 0 Å². The van der Waals surface area contributed by atoms with Gasteiger partial charge in [-0.3, -0.25) is 0 Å². The summed E-state index contributed by atoms with van der Waals surface area (Å²) in [6, 6.07) is 11.7. The Bertz CT molecular complexity index is 439. The van der Waals surface area contributed by atoms with E-state index in [1.54, 1.807) is 6.26 Å². The van der Waals surface area contributed by atoms with Crippen LogP contribution in [0.4, 0.5) is 0 Å². The van der Waals surface area contributed by atoms with Gasteiger partial charge in [-0.15, -0.1) is 0 Å². The minimum Gasteiger partial charge on any atom is -0.467 e. The van der Waals surface area contributed by atoms with E-state index in [1.807, 2.05) is 36.4 Å². The highest BCUT2D eigenvalue weighted by molar-refractivity contribution is 9.10. The van der Waals surface area contributed by atoms with Crippen LogP contribution >= 0.6 is 15.9 Å². The molecule has 4 heteroatoms. The zero-order valence-corrected chi connectivity index (χ0v) is 10.9. The van der Waals surface area contributed by atoms with Crippen molar-refractivity contribution in [1.29, 1.82) is 0 Å². The molecule has 3 nitrogen and oxygen atoms in total. The lowest BCUT2D eigenvalue weighted by Gasteiger charge is -2.15. The largest absolute Gasteiger partial charge is 0.467 e. The van der Waals surface area contributed by atoms with Gasteiger partial charge < -0.3 is 14.9 Å². The number of hydrogen-bond donors (Lipinski definition) is 1. The molecule has 1 atom stereocenters. The third kappa shape index (κ3) is 3.43. The minimum atomic E-state index is -0.104. The van der Waals surface area contributed by atoms with Crippen LogP contribution in [-0.2, 0) is 11.3 Å². The molecule has 0 bridgehead atoms. The second-order valence-corrected chi connectivity index (χ2v) is 4.58. The van der Waals surface area contributed by atoms with Crippen LogP contribution in [0.3, 0.4) is 0 Å². The highest BCUT2D eigenvalue weighted by atomic mass is 79.9. The first-order valence-corrected chi connectivity index (χ1v) is 6.18. The summed E-state index contributed by atoms with van der Waals surface area (Å²) in [4.78, 5) is 0. The number of benzene rings is 1. The second-order valence-electron chi connectivity index (χ2n) is 3.67. The van der Waals surface area contributed by atoms with Gasteiger partial charge in [0.1, 0.15) is 12.4 Å². The van der Waals surface area contributed by atoms with Gasteiger partial charge in [0, 0.05) is 11.0 Å². The van der Waals surface area contributed by atoms with Crippen molar-refractivity contribution in [3.63, 3.8) is 0 Å². The normalized spacial score (nSPS) is 12.6. The smallest absolute Gasteiger partial charge is 0.129 e. The second kappa shape index (κ2) is 6.00. The quantitative estimate of drug-likeness (QED) is 0.921. The fourth-order valence-electron chi connectivity index (χ4n) is 1.56. The number of ether oxygens (including phenoxy) is 1. The average molecular weight is 296 g/mol. The summed E-state index contributed by atoms with van der Waals surface area (Å²) >= 11 is 3.40. The molecule has 0 aliphatic rings. The number of nitrogens with two attached hydrogens (primary N) is 1. The highest BCUT2D eigenvalue weighted by Gasteiger charge is 2.10. The van der Waals surface area contributed by atoms with Crippen molar-refractivity contribution in [1.82, 2.24) is 0 Å². The maximum Gasteiger partial charge on any atom is 0.129 e. The first kappa shape index (κ1) is 12.4. The van der Waals surface area contributed by atoms with Gasteiger partial charge in [0.25, 0.3) is 0 Å². The third-order valence-corrected chi connectivity index (χ3v) is 2.99. The molecule has 0 aliphatic heterocycles. The Morgan fingerprint density at radius 3 is 2.59 bits per heavy atom. The van der Waals surface area contributed by atoms with Crippen molar-refractivity contribution in [2.75, 3.05) is 6.54 Å². The van der Waals surface area contributed by atoms with Crippen LogP contribution in [0, 0.1) is 0 Å². The summed E-state index contributed by atoms with van der Waals surface area (Å²) in [5.74, 6) is 0.806. The predicted molar refractivity (Wildman–Crippen MR) is 69.4 cm³/mol. The first-order valence-electron chi connectivity index (χ1n) is 5.39. The van der Waals surface area contributed by atoms with Gasteiger partial charge in [-0.05, 0) is 29.8 Å². The first-order chi connectivity index (χ1) is 8.29. The van der Waals surface area contributed by atoms with Gasteiger partial charge in [-0.2, -0.15) is 0 Å². The van der Waals surface area contributed by atoms with Crippen LogP contribution in [0.2, 0.25) is 0 Å². The molecule has 1 aromatic heterocycles. The van der Waals surface area contributed by atoms with Gasteiger partial charge in [0.05, 0.1) is 12.4 Å². The summed E-state index contributed by atoms with van der Waals surface area (Å²) in [6.45, 7) is 0.882. The molecule has 1 heterocycles. The summed E-state index contributed by atoms with van der Waals surface area (Å²) in [5.41, 5.74) is 6.79. The Labute approximate surface area is 109 Å². The van der Waals surface area contributed by atoms with E-state index in [0.29, 0.717) is 13.2 Å². The van der Waals surface area contributed by atoms with E-state index in [2.05, 4.69) is 15.9 Å². The van der Waals surface area contributed by atoms with Gasteiger partial charge in [-0.25, -0.2) is 0 Å². The van der Waals surface area contributed by atoms with Crippen LogP contribution in [0.5, 0.6) is 0 Å². The lowest BCUT2D eigenvalue weighted by Crippen LogP contribution is -2.15. The molecular formula is C13H14BrNO2. The molecule has 0 saturated heterocycles. The summed E-state index contributed by atoms with van der Waals surface area (Å²) < 4.78 is 12.0. The predicted octanol–water partition coefficient (Wildman–Crippen LogP) is 3.26. The Kier molecular flexibility index (Phi) is 4.36. The van der Waals surface area contributed by atoms with Crippen molar-refractivity contribution < 1.29 is 9.15 Å². The Morgan fingerprint density at radius 2 is 2.00 bits per heavy atom. The SMILES string of the molecule is NCC(OCc1ccco1)c1ccc(Br)cc1. The molecule has 0 saturated carbocycles. The Balaban J connectivity index is 1.99. The monoisotopic (exact) mass is 295 g/mol. The molecule has 90 valence electrons. The van der Waals surface area contributed by atoms with E-state index in [1.165, 1.54) is 0 Å². The van der Waals surface area contributed by atoms with Gasteiger partial charge in [-0.1, -0.05) is 28.1 Å². The van der Waals surface area contributed by atoms with E-state index in [4.69, 9.17) is 14.9 Å². The molecule has 1 unspecified atom stereocenters. The van der Waals surface area contributed by atoms with Crippen LogP contribution < -0.4 is 5.73 Å². The fourth-order valence-corrected chi connectivity index (χ4v) is 1.82. The van der Waals surface area contributed by atoms with Gasteiger partial charge in [0.15, 0.2) is 0 Å². The summed E-state index contributed by atoms with van der Waals surface area (Å²) in [7, 11) is 0. The molecule has 2 aromatic rings. The highest BCUT2D eigenvalue weighted by Crippen LogP contribution is 2.20. The molecule has 2 rings (SSSR count). The van der Waals surface area contributed by atoms with Crippen molar-refractivity contribution in [2.24, 2.45) is 5.73 Å².